The number of H-pyrrole nitrogens is 1. The second kappa shape index (κ2) is 6.98. The van der Waals surface area contributed by atoms with Crippen molar-refractivity contribution in [3.05, 3.63) is 48.2 Å². The van der Waals surface area contributed by atoms with Gasteiger partial charge in [-0.05, 0) is 36.7 Å². The number of aromatic amines is 1. The molecule has 3 N–H and O–H groups in total. The minimum atomic E-state index is 0.641. The van der Waals surface area contributed by atoms with Crippen LogP contribution in [0.5, 0.6) is 11.5 Å². The number of nitrogens with two attached hydrogens (primary N) is 1. The highest BCUT2D eigenvalue weighted by atomic mass is 32.2. The topological polar surface area (TPSA) is 60.3 Å². The first kappa shape index (κ1) is 15.8. The summed E-state index contributed by atoms with van der Waals surface area (Å²) in [5, 5.41) is 1.04. The van der Waals surface area contributed by atoms with Gasteiger partial charge in [0.15, 0.2) is 0 Å². The SMILES string of the molecule is COc1ccc(OC)c2c(Sc3ccccc3CCN)c[nH]c12. The van der Waals surface area contributed by atoms with E-state index in [2.05, 4.69) is 23.2 Å². The highest BCUT2D eigenvalue weighted by molar-refractivity contribution is 7.99. The number of fused-ring (bicyclic) bond motifs is 1. The molecule has 0 aliphatic carbocycles. The van der Waals surface area contributed by atoms with E-state index < -0.39 is 0 Å². The van der Waals surface area contributed by atoms with Crippen LogP contribution < -0.4 is 15.2 Å². The molecule has 0 fully saturated rings. The summed E-state index contributed by atoms with van der Waals surface area (Å²) in [6.45, 7) is 0.641. The molecule has 0 amide bonds. The first-order valence-corrected chi connectivity index (χ1v) is 8.28. The van der Waals surface area contributed by atoms with Crippen molar-refractivity contribution in [1.29, 1.82) is 0 Å². The standard InChI is InChI=1S/C18H20N2O2S/c1-21-13-7-8-14(22-2)18-17(13)16(11-20-18)23-15-6-4-3-5-12(15)9-10-19/h3-8,11,20H,9-10,19H2,1-2H3. The van der Waals surface area contributed by atoms with Gasteiger partial charge >= 0.3 is 0 Å². The third-order valence-corrected chi connectivity index (χ3v) is 4.93. The van der Waals surface area contributed by atoms with E-state index in [1.54, 1.807) is 26.0 Å². The molecule has 0 radical (unpaired) electrons. The Labute approximate surface area is 140 Å². The number of hydrogen-bond donors (Lipinski definition) is 2. The first-order valence-electron chi connectivity index (χ1n) is 7.46. The van der Waals surface area contributed by atoms with Crippen molar-refractivity contribution < 1.29 is 9.47 Å². The average Bonchev–Trinajstić information content (AvgIpc) is 3.00. The summed E-state index contributed by atoms with van der Waals surface area (Å²) < 4.78 is 11.0. The Morgan fingerprint density at radius 1 is 1.00 bits per heavy atom. The van der Waals surface area contributed by atoms with Crippen LogP contribution >= 0.6 is 11.8 Å². The molecule has 0 atom stereocenters. The summed E-state index contributed by atoms with van der Waals surface area (Å²) in [6.07, 6.45) is 2.87. The maximum absolute atomic E-state index is 5.72. The minimum absolute atomic E-state index is 0.641. The van der Waals surface area contributed by atoms with Crippen LogP contribution in [0, 0.1) is 0 Å². The van der Waals surface area contributed by atoms with E-state index in [1.165, 1.54) is 10.5 Å². The molecule has 1 heterocycles. The van der Waals surface area contributed by atoms with Gasteiger partial charge in [0, 0.05) is 16.0 Å². The zero-order valence-electron chi connectivity index (χ0n) is 13.3. The predicted octanol–water partition coefficient (Wildman–Crippen LogP) is 3.84. The maximum Gasteiger partial charge on any atom is 0.143 e. The predicted molar refractivity (Wildman–Crippen MR) is 94.7 cm³/mol. The molecule has 0 bridgehead atoms. The molecule has 0 saturated heterocycles. The Bertz CT molecular complexity index is 814. The number of rotatable bonds is 6. The lowest BCUT2D eigenvalue weighted by atomic mass is 10.1. The number of aromatic nitrogens is 1. The van der Waals surface area contributed by atoms with Crippen molar-refractivity contribution >= 4 is 22.7 Å². The molecule has 4 nitrogen and oxygen atoms in total. The number of ether oxygens (including phenoxy) is 2. The molecule has 0 unspecified atom stereocenters. The Kier molecular flexibility index (Phi) is 4.79. The molecule has 5 heteroatoms. The van der Waals surface area contributed by atoms with Crippen LogP contribution in [-0.2, 0) is 6.42 Å². The lowest BCUT2D eigenvalue weighted by Gasteiger charge is -2.10. The van der Waals surface area contributed by atoms with Gasteiger partial charge in [-0.3, -0.25) is 0 Å². The minimum Gasteiger partial charge on any atom is -0.496 e. The Balaban J connectivity index is 2.07. The summed E-state index contributed by atoms with van der Waals surface area (Å²) in [7, 11) is 3.36. The van der Waals surface area contributed by atoms with Crippen LogP contribution in [0.25, 0.3) is 10.9 Å². The molecule has 0 aliphatic rings. The normalized spacial score (nSPS) is 10.9. The summed E-state index contributed by atoms with van der Waals surface area (Å²) in [5.41, 5.74) is 7.93. The Morgan fingerprint density at radius 2 is 1.74 bits per heavy atom. The number of methoxy groups -OCH3 is 2. The summed E-state index contributed by atoms with van der Waals surface area (Å²) in [4.78, 5) is 5.63. The summed E-state index contributed by atoms with van der Waals surface area (Å²) >= 11 is 1.72. The second-order valence-corrected chi connectivity index (χ2v) is 6.21. The third-order valence-electron chi connectivity index (χ3n) is 3.77. The van der Waals surface area contributed by atoms with E-state index in [9.17, 15) is 0 Å². The monoisotopic (exact) mass is 328 g/mol. The Hall–Kier alpha value is -2.11. The lowest BCUT2D eigenvalue weighted by molar-refractivity contribution is 0.410. The quantitative estimate of drug-likeness (QED) is 0.722. The van der Waals surface area contributed by atoms with Crippen molar-refractivity contribution in [2.45, 2.75) is 16.2 Å². The van der Waals surface area contributed by atoms with Crippen molar-refractivity contribution in [2.24, 2.45) is 5.73 Å². The fourth-order valence-electron chi connectivity index (χ4n) is 2.67. The van der Waals surface area contributed by atoms with Crippen molar-refractivity contribution in [2.75, 3.05) is 20.8 Å². The van der Waals surface area contributed by atoms with Gasteiger partial charge in [-0.25, -0.2) is 0 Å². The lowest BCUT2D eigenvalue weighted by Crippen LogP contribution is -2.03. The van der Waals surface area contributed by atoms with E-state index in [0.29, 0.717) is 6.54 Å². The molecule has 2 aromatic carbocycles. The van der Waals surface area contributed by atoms with Gasteiger partial charge in [0.25, 0.3) is 0 Å². The van der Waals surface area contributed by atoms with Crippen LogP contribution in [0.1, 0.15) is 5.56 Å². The molecule has 3 aromatic rings. The van der Waals surface area contributed by atoms with E-state index in [1.807, 2.05) is 24.4 Å². The van der Waals surface area contributed by atoms with Crippen LogP contribution in [0.4, 0.5) is 0 Å². The molecule has 120 valence electrons. The van der Waals surface area contributed by atoms with Gasteiger partial charge < -0.3 is 20.2 Å². The largest absolute Gasteiger partial charge is 0.496 e. The van der Waals surface area contributed by atoms with Crippen LogP contribution in [0.3, 0.4) is 0 Å². The molecule has 23 heavy (non-hydrogen) atoms. The highest BCUT2D eigenvalue weighted by Gasteiger charge is 2.15. The first-order chi connectivity index (χ1) is 11.3. The molecule has 0 spiro atoms. The maximum atomic E-state index is 5.72. The second-order valence-electron chi connectivity index (χ2n) is 5.12. The zero-order chi connectivity index (χ0) is 16.2. The van der Waals surface area contributed by atoms with Gasteiger partial charge in [0.1, 0.15) is 11.5 Å². The molecular weight excluding hydrogens is 308 g/mol. The molecule has 1 aromatic heterocycles. The highest BCUT2D eigenvalue weighted by Crippen LogP contribution is 2.42. The van der Waals surface area contributed by atoms with Crippen molar-refractivity contribution in [3.63, 3.8) is 0 Å². The number of benzene rings is 2. The molecule has 0 aliphatic heterocycles. The van der Waals surface area contributed by atoms with Gasteiger partial charge in [-0.2, -0.15) is 0 Å². The van der Waals surface area contributed by atoms with E-state index >= 15 is 0 Å². The van der Waals surface area contributed by atoms with Gasteiger partial charge in [0.05, 0.1) is 25.1 Å². The van der Waals surface area contributed by atoms with Crippen LogP contribution in [0.2, 0.25) is 0 Å². The van der Waals surface area contributed by atoms with E-state index in [4.69, 9.17) is 15.2 Å². The smallest absolute Gasteiger partial charge is 0.143 e. The number of hydrogen-bond acceptors (Lipinski definition) is 4. The zero-order valence-corrected chi connectivity index (χ0v) is 14.1. The summed E-state index contributed by atoms with van der Waals surface area (Å²) in [6, 6.07) is 12.2. The van der Waals surface area contributed by atoms with Crippen LogP contribution in [0.15, 0.2) is 52.4 Å². The van der Waals surface area contributed by atoms with Gasteiger partial charge in [-0.1, -0.05) is 30.0 Å². The van der Waals surface area contributed by atoms with Crippen molar-refractivity contribution in [1.82, 2.24) is 4.98 Å². The summed E-state index contributed by atoms with van der Waals surface area (Å²) in [5.74, 6) is 1.64. The van der Waals surface area contributed by atoms with Gasteiger partial charge in [0.2, 0.25) is 0 Å². The molecular formula is C18H20N2O2S. The fourth-order valence-corrected chi connectivity index (χ4v) is 3.77. The molecule has 3 rings (SSSR count). The fraction of sp³-hybridized carbons (Fsp3) is 0.222. The third kappa shape index (κ3) is 3.02. The van der Waals surface area contributed by atoms with E-state index in [0.717, 1.165) is 33.7 Å². The van der Waals surface area contributed by atoms with Crippen LogP contribution in [-0.4, -0.2) is 25.7 Å². The van der Waals surface area contributed by atoms with Crippen molar-refractivity contribution in [3.8, 4) is 11.5 Å². The van der Waals surface area contributed by atoms with Gasteiger partial charge in [-0.15, -0.1) is 0 Å². The molecule has 0 saturated carbocycles. The average molecular weight is 328 g/mol. The van der Waals surface area contributed by atoms with E-state index in [-0.39, 0.29) is 0 Å². The Morgan fingerprint density at radius 3 is 2.48 bits per heavy atom. The number of nitrogens with one attached hydrogen (secondary N) is 1.